The second-order valence-corrected chi connectivity index (χ2v) is 8.45. The minimum atomic E-state index is -1.14. The van der Waals surface area contributed by atoms with E-state index in [0.717, 1.165) is 37.3 Å². The van der Waals surface area contributed by atoms with Gasteiger partial charge in [-0.05, 0) is 39.5 Å². The fourth-order valence-corrected chi connectivity index (χ4v) is 3.29. The Bertz CT molecular complexity index is 637. The van der Waals surface area contributed by atoms with Crippen LogP contribution in [0.25, 0.3) is 0 Å². The van der Waals surface area contributed by atoms with Crippen molar-refractivity contribution in [3.63, 3.8) is 0 Å². The van der Waals surface area contributed by atoms with E-state index in [-0.39, 0.29) is 18.9 Å². The second-order valence-electron chi connectivity index (χ2n) is 8.45. The average molecular weight is 365 g/mol. The van der Waals surface area contributed by atoms with Crippen LogP contribution in [0.3, 0.4) is 0 Å². The van der Waals surface area contributed by atoms with E-state index < -0.39 is 23.1 Å². The summed E-state index contributed by atoms with van der Waals surface area (Å²) in [5, 5.41) is 12.6. The van der Waals surface area contributed by atoms with Crippen LogP contribution >= 0.6 is 0 Å². The van der Waals surface area contributed by atoms with Crippen LogP contribution < -0.4 is 5.32 Å². The molecule has 0 aromatic carbocycles. The molecule has 2 heterocycles. The molecule has 0 aliphatic carbocycles. The molecule has 0 bridgehead atoms. The third kappa shape index (κ3) is 4.77. The number of nitrogens with one attached hydrogen (secondary N) is 1. The summed E-state index contributed by atoms with van der Waals surface area (Å²) in [6, 6.07) is 0. The number of amides is 1. The second kappa shape index (κ2) is 7.68. The topological polar surface area (TPSA) is 93.5 Å². The summed E-state index contributed by atoms with van der Waals surface area (Å²) in [7, 11) is 0. The lowest BCUT2D eigenvalue weighted by molar-refractivity contribution is -0.151. The maximum atomic E-state index is 12.2. The minimum absolute atomic E-state index is 0.00287. The van der Waals surface area contributed by atoms with Gasteiger partial charge in [0.25, 0.3) is 0 Å². The lowest BCUT2D eigenvalue weighted by Gasteiger charge is -2.33. The van der Waals surface area contributed by atoms with Gasteiger partial charge in [-0.2, -0.15) is 0 Å². The van der Waals surface area contributed by atoms with Crippen molar-refractivity contribution in [3.8, 4) is 0 Å². The van der Waals surface area contributed by atoms with Crippen LogP contribution in [0.5, 0.6) is 0 Å². The van der Waals surface area contributed by atoms with Crippen LogP contribution in [0, 0.1) is 11.3 Å². The van der Waals surface area contributed by atoms with Crippen molar-refractivity contribution in [1.29, 1.82) is 0 Å². The maximum absolute atomic E-state index is 12.2. The Hall–Kier alpha value is -2.05. The fraction of sp³-hybridized carbons (Fsp3) is 0.737. The van der Waals surface area contributed by atoms with Gasteiger partial charge in [0.2, 0.25) is 0 Å². The van der Waals surface area contributed by atoms with E-state index in [1.165, 1.54) is 0 Å². The van der Waals surface area contributed by atoms with Gasteiger partial charge in [-0.25, -0.2) is 9.78 Å². The number of hydrogen-bond acceptors (Lipinski definition) is 4. The molecule has 0 fully saturated rings. The van der Waals surface area contributed by atoms with E-state index in [0.29, 0.717) is 0 Å². The number of fused-ring (bicyclic) bond motifs is 1. The Labute approximate surface area is 155 Å². The van der Waals surface area contributed by atoms with Crippen LogP contribution in [0.4, 0.5) is 4.79 Å². The van der Waals surface area contributed by atoms with E-state index in [2.05, 4.69) is 14.9 Å². The Morgan fingerprint density at radius 2 is 2.04 bits per heavy atom. The molecular weight excluding hydrogens is 334 g/mol. The number of nitrogens with zero attached hydrogens (tertiary/aromatic N) is 2. The van der Waals surface area contributed by atoms with Crippen molar-refractivity contribution >= 4 is 12.1 Å². The molecular formula is C19H31N3O4. The minimum Gasteiger partial charge on any atom is -0.481 e. The molecule has 2 rings (SSSR count). The molecule has 1 aromatic heterocycles. The first-order chi connectivity index (χ1) is 12.0. The number of carboxylic acids is 1. The molecule has 7 heteroatoms. The van der Waals surface area contributed by atoms with Crippen molar-refractivity contribution in [1.82, 2.24) is 14.9 Å². The summed E-state index contributed by atoms with van der Waals surface area (Å²) in [5.41, 5.74) is -0.998. The fourth-order valence-electron chi connectivity index (χ4n) is 3.29. The SMILES string of the molecule is CC(C)C(CNC(=O)OC(C)(C)C)(Cc1cn2c(n1)CCCC2)C(=O)O. The predicted octanol–water partition coefficient (Wildman–Crippen LogP) is 3.01. The van der Waals surface area contributed by atoms with Gasteiger partial charge in [0, 0.05) is 32.1 Å². The number of carboxylic acid groups (broad SMARTS) is 1. The number of alkyl carbamates (subject to hydrolysis) is 1. The standard InChI is InChI=1S/C19H31N3O4/c1-13(2)19(16(23)24,12-20-17(25)26-18(3,4)5)10-14-11-22-9-7-6-8-15(22)21-14/h11,13H,6-10,12H2,1-5H3,(H,20,25)(H,23,24). The number of carbonyl (C=O) groups is 2. The van der Waals surface area contributed by atoms with Gasteiger partial charge < -0.3 is 19.7 Å². The number of carbonyl (C=O) groups excluding carboxylic acids is 1. The van der Waals surface area contributed by atoms with E-state index in [4.69, 9.17) is 4.74 Å². The molecule has 146 valence electrons. The first-order valence-electron chi connectivity index (χ1n) is 9.29. The summed E-state index contributed by atoms with van der Waals surface area (Å²) in [5.74, 6) is -0.0995. The molecule has 0 saturated heterocycles. The highest BCUT2D eigenvalue weighted by atomic mass is 16.6. The Balaban J connectivity index is 2.18. The predicted molar refractivity (Wildman–Crippen MR) is 98.0 cm³/mol. The highest BCUT2D eigenvalue weighted by Gasteiger charge is 2.43. The van der Waals surface area contributed by atoms with Crippen LogP contribution in [0.2, 0.25) is 0 Å². The lowest BCUT2D eigenvalue weighted by Crippen LogP contribution is -2.49. The zero-order chi connectivity index (χ0) is 19.5. The molecule has 1 unspecified atom stereocenters. The summed E-state index contributed by atoms with van der Waals surface area (Å²) in [6.07, 6.45) is 4.80. The van der Waals surface area contributed by atoms with Gasteiger partial charge in [-0.1, -0.05) is 13.8 Å². The number of imidazole rings is 1. The first kappa shape index (κ1) is 20.3. The largest absolute Gasteiger partial charge is 0.481 e. The lowest BCUT2D eigenvalue weighted by atomic mass is 9.73. The highest BCUT2D eigenvalue weighted by molar-refractivity contribution is 5.77. The molecule has 1 amide bonds. The molecule has 26 heavy (non-hydrogen) atoms. The number of rotatable bonds is 6. The van der Waals surface area contributed by atoms with Crippen LogP contribution in [-0.4, -0.2) is 38.9 Å². The van der Waals surface area contributed by atoms with Crippen molar-refractivity contribution in [2.24, 2.45) is 11.3 Å². The van der Waals surface area contributed by atoms with Crippen molar-refractivity contribution in [3.05, 3.63) is 17.7 Å². The molecule has 1 aliphatic rings. The molecule has 0 radical (unpaired) electrons. The Morgan fingerprint density at radius 3 is 2.58 bits per heavy atom. The molecule has 1 aliphatic heterocycles. The zero-order valence-corrected chi connectivity index (χ0v) is 16.5. The smallest absolute Gasteiger partial charge is 0.407 e. The molecule has 0 saturated carbocycles. The van der Waals surface area contributed by atoms with Crippen LogP contribution in [0.1, 0.15) is 59.0 Å². The number of aryl methyl sites for hydroxylation is 2. The number of aliphatic carboxylic acids is 1. The highest BCUT2D eigenvalue weighted by Crippen LogP contribution is 2.32. The van der Waals surface area contributed by atoms with Gasteiger partial charge in [0.15, 0.2) is 0 Å². The van der Waals surface area contributed by atoms with E-state index in [1.807, 2.05) is 20.0 Å². The van der Waals surface area contributed by atoms with E-state index in [9.17, 15) is 14.7 Å². The van der Waals surface area contributed by atoms with Crippen molar-refractivity contribution in [2.45, 2.75) is 72.4 Å². The van der Waals surface area contributed by atoms with Gasteiger partial charge in [0.1, 0.15) is 11.4 Å². The Morgan fingerprint density at radius 1 is 1.35 bits per heavy atom. The summed E-state index contributed by atoms with van der Waals surface area (Å²) >= 11 is 0. The normalized spacial score (nSPS) is 16.7. The third-order valence-corrected chi connectivity index (χ3v) is 4.93. The van der Waals surface area contributed by atoms with Gasteiger partial charge in [-0.15, -0.1) is 0 Å². The summed E-state index contributed by atoms with van der Waals surface area (Å²) in [6.45, 7) is 9.97. The molecule has 7 nitrogen and oxygen atoms in total. The molecule has 1 atom stereocenters. The molecule has 2 N–H and O–H groups in total. The number of aromatic nitrogens is 2. The summed E-state index contributed by atoms with van der Waals surface area (Å²) < 4.78 is 7.36. The summed E-state index contributed by atoms with van der Waals surface area (Å²) in [4.78, 5) is 28.8. The maximum Gasteiger partial charge on any atom is 0.407 e. The van der Waals surface area contributed by atoms with Gasteiger partial charge >= 0.3 is 12.1 Å². The van der Waals surface area contributed by atoms with E-state index in [1.54, 1.807) is 20.8 Å². The number of hydrogen-bond donors (Lipinski definition) is 2. The van der Waals surface area contributed by atoms with Crippen molar-refractivity contribution in [2.75, 3.05) is 6.54 Å². The average Bonchev–Trinajstić information content (AvgIpc) is 2.91. The molecule has 0 spiro atoms. The van der Waals surface area contributed by atoms with Gasteiger partial charge in [-0.3, -0.25) is 4.79 Å². The van der Waals surface area contributed by atoms with Crippen LogP contribution in [0.15, 0.2) is 6.20 Å². The van der Waals surface area contributed by atoms with Crippen molar-refractivity contribution < 1.29 is 19.4 Å². The molecule has 1 aromatic rings. The quantitative estimate of drug-likeness (QED) is 0.808. The monoisotopic (exact) mass is 365 g/mol. The Kier molecular flexibility index (Phi) is 5.98. The number of ether oxygens (including phenoxy) is 1. The van der Waals surface area contributed by atoms with E-state index >= 15 is 0 Å². The zero-order valence-electron chi connectivity index (χ0n) is 16.5. The van der Waals surface area contributed by atoms with Crippen LogP contribution in [-0.2, 0) is 28.9 Å². The third-order valence-electron chi connectivity index (χ3n) is 4.93. The first-order valence-corrected chi connectivity index (χ1v) is 9.29. The van der Waals surface area contributed by atoms with Gasteiger partial charge in [0.05, 0.1) is 11.1 Å².